The summed E-state index contributed by atoms with van der Waals surface area (Å²) in [5.74, 6) is -0.233. The molecule has 0 aromatic carbocycles. The average Bonchev–Trinajstić information content (AvgIpc) is 2.38. The molecule has 1 aliphatic rings. The first-order chi connectivity index (χ1) is 9.44. The third-order valence-corrected chi connectivity index (χ3v) is 3.17. The molecule has 1 fully saturated rings. The number of ether oxygens (including phenoxy) is 2. The van der Waals surface area contributed by atoms with E-state index in [1.54, 1.807) is 6.92 Å². The van der Waals surface area contributed by atoms with Crippen LogP contribution in [0.1, 0.15) is 32.6 Å². The van der Waals surface area contributed by atoms with E-state index in [0.29, 0.717) is 19.6 Å². The quantitative estimate of drug-likeness (QED) is 0.534. The summed E-state index contributed by atoms with van der Waals surface area (Å²) in [7, 11) is 0. The van der Waals surface area contributed by atoms with E-state index in [1.165, 1.54) is 0 Å². The third-order valence-electron chi connectivity index (χ3n) is 3.17. The maximum Gasteiger partial charge on any atom is 0.411 e. The van der Waals surface area contributed by atoms with Crippen LogP contribution in [0.15, 0.2) is 0 Å². The number of nitrogens with zero attached hydrogens (tertiary/aromatic N) is 1. The van der Waals surface area contributed by atoms with E-state index in [0.717, 1.165) is 25.8 Å². The zero-order valence-electron chi connectivity index (χ0n) is 11.7. The molecule has 1 heterocycles. The van der Waals surface area contributed by atoms with Crippen molar-refractivity contribution in [2.24, 2.45) is 0 Å². The molecule has 0 aliphatic carbocycles. The topological polar surface area (TPSA) is 38.8 Å². The van der Waals surface area contributed by atoms with Crippen molar-refractivity contribution in [3.63, 3.8) is 0 Å². The zero-order chi connectivity index (χ0) is 15.0. The highest BCUT2D eigenvalue weighted by atomic mass is 19.4. The summed E-state index contributed by atoms with van der Waals surface area (Å²) >= 11 is 0. The van der Waals surface area contributed by atoms with Gasteiger partial charge in [-0.1, -0.05) is 6.42 Å². The first-order valence-electron chi connectivity index (χ1n) is 6.99. The molecule has 0 bridgehead atoms. The summed E-state index contributed by atoms with van der Waals surface area (Å²) in [6, 6.07) is -0.258. The van der Waals surface area contributed by atoms with Gasteiger partial charge in [0.2, 0.25) is 0 Å². The Labute approximate surface area is 117 Å². The van der Waals surface area contributed by atoms with E-state index >= 15 is 0 Å². The molecular weight excluding hydrogens is 275 g/mol. The minimum Gasteiger partial charge on any atom is -0.465 e. The summed E-state index contributed by atoms with van der Waals surface area (Å²) in [5.41, 5.74) is 0. The zero-order valence-corrected chi connectivity index (χ0v) is 11.7. The largest absolute Gasteiger partial charge is 0.465 e. The molecule has 1 unspecified atom stereocenters. The van der Waals surface area contributed by atoms with Crippen LogP contribution in [0.3, 0.4) is 0 Å². The molecular formula is C13H22F3NO3. The van der Waals surface area contributed by atoms with Crippen LogP contribution in [0.5, 0.6) is 0 Å². The van der Waals surface area contributed by atoms with Crippen LogP contribution in [-0.2, 0) is 14.3 Å². The highest BCUT2D eigenvalue weighted by Gasteiger charge is 2.30. The van der Waals surface area contributed by atoms with E-state index in [4.69, 9.17) is 4.74 Å². The number of hydrogen-bond donors (Lipinski definition) is 0. The molecule has 118 valence electrons. The van der Waals surface area contributed by atoms with Crippen molar-refractivity contribution in [2.75, 3.05) is 32.9 Å². The van der Waals surface area contributed by atoms with Crippen molar-refractivity contribution in [1.82, 2.24) is 4.90 Å². The number of halogens is 3. The van der Waals surface area contributed by atoms with Gasteiger partial charge in [0.25, 0.3) is 0 Å². The van der Waals surface area contributed by atoms with Gasteiger partial charge < -0.3 is 9.47 Å². The summed E-state index contributed by atoms with van der Waals surface area (Å²) in [5, 5.41) is 0. The van der Waals surface area contributed by atoms with Crippen LogP contribution in [0.4, 0.5) is 13.2 Å². The fraction of sp³-hybridized carbons (Fsp3) is 0.923. The Bertz CT molecular complexity index is 297. The third kappa shape index (κ3) is 6.56. The molecule has 1 atom stereocenters. The van der Waals surface area contributed by atoms with Gasteiger partial charge in [-0.3, -0.25) is 9.69 Å². The van der Waals surface area contributed by atoms with Crippen molar-refractivity contribution < 1.29 is 27.4 Å². The standard InChI is InChI=1S/C13H22F3NO3/c1-2-20-12(18)11-6-3-4-7-17(11)8-5-9-19-10-13(14,15)16/h11H,2-10H2,1H3. The van der Waals surface area contributed by atoms with Crippen molar-refractivity contribution >= 4 is 5.97 Å². The Morgan fingerprint density at radius 1 is 1.35 bits per heavy atom. The Morgan fingerprint density at radius 2 is 2.10 bits per heavy atom. The van der Waals surface area contributed by atoms with Gasteiger partial charge in [0, 0.05) is 13.2 Å². The molecule has 1 aliphatic heterocycles. The van der Waals surface area contributed by atoms with Gasteiger partial charge in [-0.15, -0.1) is 0 Å². The molecule has 0 aromatic rings. The number of rotatable bonds is 7. The van der Waals surface area contributed by atoms with Crippen LogP contribution in [0, 0.1) is 0 Å². The molecule has 0 N–H and O–H groups in total. The lowest BCUT2D eigenvalue weighted by atomic mass is 10.0. The lowest BCUT2D eigenvalue weighted by Crippen LogP contribution is -2.46. The maximum absolute atomic E-state index is 11.9. The molecule has 0 radical (unpaired) electrons. The second-order valence-corrected chi connectivity index (χ2v) is 4.82. The molecule has 20 heavy (non-hydrogen) atoms. The summed E-state index contributed by atoms with van der Waals surface area (Å²) in [6.45, 7) is 2.28. The van der Waals surface area contributed by atoms with E-state index < -0.39 is 12.8 Å². The van der Waals surface area contributed by atoms with E-state index in [1.807, 2.05) is 4.90 Å². The molecule has 1 rings (SSSR count). The highest BCUT2D eigenvalue weighted by molar-refractivity contribution is 5.75. The minimum absolute atomic E-state index is 0.0472. The molecule has 4 nitrogen and oxygen atoms in total. The smallest absolute Gasteiger partial charge is 0.411 e. The minimum atomic E-state index is -4.28. The van der Waals surface area contributed by atoms with Crippen LogP contribution in [-0.4, -0.2) is 56.0 Å². The van der Waals surface area contributed by atoms with Gasteiger partial charge in [-0.2, -0.15) is 13.2 Å². The van der Waals surface area contributed by atoms with Crippen LogP contribution >= 0.6 is 0 Å². The van der Waals surface area contributed by atoms with Gasteiger partial charge in [0.1, 0.15) is 12.6 Å². The highest BCUT2D eigenvalue weighted by Crippen LogP contribution is 2.19. The van der Waals surface area contributed by atoms with Gasteiger partial charge in [0.15, 0.2) is 0 Å². The monoisotopic (exact) mass is 297 g/mol. The number of carbonyl (C=O) groups excluding carboxylic acids is 1. The maximum atomic E-state index is 11.9. The summed E-state index contributed by atoms with van der Waals surface area (Å²) in [4.78, 5) is 13.8. The van der Waals surface area contributed by atoms with E-state index in [2.05, 4.69) is 4.74 Å². The lowest BCUT2D eigenvalue weighted by Gasteiger charge is -2.33. The molecule has 0 spiro atoms. The van der Waals surface area contributed by atoms with Crippen molar-refractivity contribution in [3.05, 3.63) is 0 Å². The van der Waals surface area contributed by atoms with E-state index in [-0.39, 0.29) is 18.6 Å². The van der Waals surface area contributed by atoms with Gasteiger partial charge in [0.05, 0.1) is 6.61 Å². The molecule has 0 saturated carbocycles. The van der Waals surface area contributed by atoms with Crippen LogP contribution in [0.2, 0.25) is 0 Å². The Kier molecular flexibility index (Phi) is 7.29. The Balaban J connectivity index is 2.27. The second-order valence-electron chi connectivity index (χ2n) is 4.82. The number of piperidine rings is 1. The fourth-order valence-electron chi connectivity index (χ4n) is 2.32. The predicted molar refractivity (Wildman–Crippen MR) is 67.3 cm³/mol. The number of hydrogen-bond acceptors (Lipinski definition) is 4. The number of esters is 1. The van der Waals surface area contributed by atoms with Crippen molar-refractivity contribution in [1.29, 1.82) is 0 Å². The number of likely N-dealkylation sites (tertiary alicyclic amines) is 1. The summed E-state index contributed by atoms with van der Waals surface area (Å²) in [6.07, 6.45) is -1.07. The number of alkyl halides is 3. The van der Waals surface area contributed by atoms with Gasteiger partial charge in [-0.05, 0) is 32.7 Å². The first-order valence-corrected chi connectivity index (χ1v) is 6.99. The first kappa shape index (κ1) is 17.2. The van der Waals surface area contributed by atoms with Gasteiger partial charge in [-0.25, -0.2) is 0 Å². The number of carbonyl (C=O) groups is 1. The normalized spacial score (nSPS) is 20.9. The van der Waals surface area contributed by atoms with Crippen LogP contribution in [0.25, 0.3) is 0 Å². The van der Waals surface area contributed by atoms with Crippen molar-refractivity contribution in [3.8, 4) is 0 Å². The van der Waals surface area contributed by atoms with E-state index in [9.17, 15) is 18.0 Å². The Morgan fingerprint density at radius 3 is 2.75 bits per heavy atom. The lowest BCUT2D eigenvalue weighted by molar-refractivity contribution is -0.174. The van der Waals surface area contributed by atoms with Crippen molar-refractivity contribution in [2.45, 2.75) is 44.8 Å². The van der Waals surface area contributed by atoms with Gasteiger partial charge >= 0.3 is 12.1 Å². The van der Waals surface area contributed by atoms with Crippen LogP contribution < -0.4 is 0 Å². The Hall–Kier alpha value is -0.820. The average molecular weight is 297 g/mol. The second kappa shape index (κ2) is 8.46. The molecule has 0 aromatic heterocycles. The molecule has 1 saturated heterocycles. The fourth-order valence-corrected chi connectivity index (χ4v) is 2.32. The molecule has 0 amide bonds. The summed E-state index contributed by atoms with van der Waals surface area (Å²) < 4.78 is 45.3. The molecule has 7 heteroatoms. The SMILES string of the molecule is CCOC(=O)C1CCCCN1CCCOCC(F)(F)F. The predicted octanol–water partition coefficient (Wildman–Crippen LogP) is 2.37.